The minimum Gasteiger partial charge on any atom is -0.300 e. The molecule has 6 unspecified atom stereocenters. The van der Waals surface area contributed by atoms with Gasteiger partial charge in [0.15, 0.2) is 5.78 Å². The maximum absolute atomic E-state index is 13.6. The Morgan fingerprint density at radius 3 is 2.52 bits per heavy atom. The lowest BCUT2D eigenvalue weighted by molar-refractivity contribution is -0.155. The summed E-state index contributed by atoms with van der Waals surface area (Å²) in [5.41, 5.74) is -0.844. The molecule has 4 aliphatic rings. The molecule has 0 aromatic carbocycles. The van der Waals surface area contributed by atoms with E-state index in [4.69, 9.17) is 0 Å². The summed E-state index contributed by atoms with van der Waals surface area (Å²) in [5, 5.41) is 11.9. The second-order valence-electron chi connectivity index (χ2n) is 9.06. The van der Waals surface area contributed by atoms with Crippen LogP contribution in [0.5, 0.6) is 0 Å². The molecule has 4 fully saturated rings. The van der Waals surface area contributed by atoms with Crippen molar-refractivity contribution in [3.8, 4) is 5.40 Å². The third-order valence-electron chi connectivity index (χ3n) is 8.27. The van der Waals surface area contributed by atoms with Gasteiger partial charge in [0.25, 0.3) is 0 Å². The predicted octanol–water partition coefficient (Wildman–Crippen LogP) is 3.68. The number of rotatable bonds is 1. The van der Waals surface area contributed by atoms with Crippen molar-refractivity contribution in [1.82, 2.24) is 0 Å². The van der Waals surface area contributed by atoms with E-state index >= 15 is 0 Å². The van der Waals surface area contributed by atoms with E-state index in [2.05, 4.69) is 12.3 Å². The number of carbonyl (C=O) groups is 3. The molecule has 134 valence electrons. The number of fused-ring (bicyclic) bond motifs is 5. The molecule has 0 bridgehead atoms. The number of hydrogen-bond donors (Lipinski definition) is 0. The minimum absolute atomic E-state index is 0.0873. The molecule has 0 heterocycles. The van der Waals surface area contributed by atoms with Gasteiger partial charge in [-0.25, -0.2) is 0 Å². The van der Waals surface area contributed by atoms with Crippen molar-refractivity contribution in [3.05, 3.63) is 0 Å². The van der Waals surface area contributed by atoms with Crippen molar-refractivity contribution in [1.29, 1.82) is 5.26 Å². The van der Waals surface area contributed by atoms with Crippen LogP contribution in [-0.2, 0) is 14.4 Å². The average Bonchev–Trinajstić information content (AvgIpc) is 2.85. The number of carbonyl (C=O) groups excluding carboxylic acids is 3. The Morgan fingerprint density at radius 2 is 1.80 bits per heavy atom. The van der Waals surface area contributed by atoms with E-state index in [1.165, 1.54) is 0 Å². The molecule has 0 radical (unpaired) electrons. The van der Waals surface area contributed by atoms with E-state index in [0.717, 1.165) is 31.0 Å². The SMILES string of the molecule is CC12CC(=O)C3(SC#N)C(CCC4CC(=O)CCC43C)C1CCC2=O. The fourth-order valence-corrected chi connectivity index (χ4v) is 8.16. The Bertz CT molecular complexity index is 712. The molecule has 0 aliphatic heterocycles. The largest absolute Gasteiger partial charge is 0.300 e. The molecule has 4 nitrogen and oxygen atoms in total. The van der Waals surface area contributed by atoms with E-state index in [1.54, 1.807) is 0 Å². The first-order chi connectivity index (χ1) is 11.8. The first kappa shape index (κ1) is 17.3. The van der Waals surface area contributed by atoms with Crippen LogP contribution in [0.4, 0.5) is 0 Å². The standard InChI is InChI=1S/C20H25NO3S/c1-18-10-17(24)20(25-11-21)15(14(18)5-6-16(18)23)4-3-12-9-13(22)7-8-19(12,20)2/h12,14-15H,3-10H2,1-2H3. The maximum atomic E-state index is 13.6. The molecule has 0 spiro atoms. The van der Waals surface area contributed by atoms with Crippen molar-refractivity contribution >= 4 is 29.1 Å². The molecule has 0 aromatic rings. The molecule has 4 saturated carbocycles. The van der Waals surface area contributed by atoms with Gasteiger partial charge in [0.05, 0.1) is 4.75 Å². The van der Waals surface area contributed by atoms with Crippen molar-refractivity contribution in [2.75, 3.05) is 0 Å². The van der Waals surface area contributed by atoms with Gasteiger partial charge in [-0.1, -0.05) is 13.8 Å². The normalized spacial score (nSPS) is 49.2. The van der Waals surface area contributed by atoms with Crippen LogP contribution >= 0.6 is 11.8 Å². The van der Waals surface area contributed by atoms with E-state index in [-0.39, 0.29) is 41.2 Å². The lowest BCUT2D eigenvalue weighted by atomic mass is 9.44. The van der Waals surface area contributed by atoms with Gasteiger partial charge in [0.1, 0.15) is 17.0 Å². The number of nitrogens with zero attached hydrogens (tertiary/aromatic N) is 1. The van der Waals surface area contributed by atoms with Gasteiger partial charge in [0, 0.05) is 31.1 Å². The molecule has 4 aliphatic carbocycles. The topological polar surface area (TPSA) is 75.0 Å². The number of ketones is 3. The summed E-state index contributed by atoms with van der Waals surface area (Å²) in [6, 6.07) is 0. The Balaban J connectivity index is 1.85. The molecule has 6 atom stereocenters. The van der Waals surface area contributed by atoms with E-state index in [1.807, 2.05) is 6.92 Å². The van der Waals surface area contributed by atoms with Crippen molar-refractivity contribution < 1.29 is 14.4 Å². The number of hydrogen-bond acceptors (Lipinski definition) is 5. The zero-order chi connectivity index (χ0) is 18.0. The average molecular weight is 359 g/mol. The van der Waals surface area contributed by atoms with Gasteiger partial charge in [-0.15, -0.1) is 0 Å². The molecule has 0 amide bonds. The highest BCUT2D eigenvalue weighted by Crippen LogP contribution is 2.69. The van der Waals surface area contributed by atoms with Gasteiger partial charge < -0.3 is 0 Å². The quantitative estimate of drug-likeness (QED) is 0.668. The molecule has 0 aromatic heterocycles. The lowest BCUT2D eigenvalue weighted by Crippen LogP contribution is -2.68. The Morgan fingerprint density at radius 1 is 1.04 bits per heavy atom. The molecule has 0 N–H and O–H groups in total. The van der Waals surface area contributed by atoms with Crippen LogP contribution in [0.1, 0.15) is 65.2 Å². The second-order valence-corrected chi connectivity index (χ2v) is 10.1. The third-order valence-corrected chi connectivity index (χ3v) is 9.68. The Hall–Kier alpha value is -1.15. The predicted molar refractivity (Wildman–Crippen MR) is 94.6 cm³/mol. The molecule has 0 saturated heterocycles. The van der Waals surface area contributed by atoms with E-state index in [0.29, 0.717) is 31.5 Å². The summed E-state index contributed by atoms with van der Waals surface area (Å²) in [6.45, 7) is 4.13. The van der Waals surface area contributed by atoms with Crippen LogP contribution in [0.3, 0.4) is 0 Å². The minimum atomic E-state index is -0.736. The number of thiocyanates is 1. The number of Topliss-reactive ketones (excluding diaryl/α,β-unsaturated/α-hetero) is 3. The number of thioether (sulfide) groups is 1. The van der Waals surface area contributed by atoms with Gasteiger partial charge >= 0.3 is 0 Å². The summed E-state index contributed by atoms with van der Waals surface area (Å²) in [4.78, 5) is 38.2. The zero-order valence-corrected chi connectivity index (χ0v) is 15.8. The van der Waals surface area contributed by atoms with Crippen LogP contribution in [-0.4, -0.2) is 22.1 Å². The molecule has 5 heteroatoms. The second kappa shape index (κ2) is 5.42. The van der Waals surface area contributed by atoms with Crippen LogP contribution in [0.25, 0.3) is 0 Å². The summed E-state index contributed by atoms with van der Waals surface area (Å²) < 4.78 is -0.736. The lowest BCUT2D eigenvalue weighted by Gasteiger charge is -2.63. The maximum Gasteiger partial charge on any atom is 0.151 e. The van der Waals surface area contributed by atoms with Crippen LogP contribution in [0, 0.1) is 39.2 Å². The molecule has 25 heavy (non-hydrogen) atoms. The monoisotopic (exact) mass is 359 g/mol. The first-order valence-electron chi connectivity index (χ1n) is 9.45. The van der Waals surface area contributed by atoms with Crippen molar-refractivity contribution in [2.24, 2.45) is 28.6 Å². The fraction of sp³-hybridized carbons (Fsp3) is 0.800. The smallest absolute Gasteiger partial charge is 0.151 e. The summed E-state index contributed by atoms with van der Waals surface area (Å²) in [6.07, 6.45) is 5.25. The van der Waals surface area contributed by atoms with Gasteiger partial charge in [-0.2, -0.15) is 5.26 Å². The van der Waals surface area contributed by atoms with Crippen molar-refractivity contribution in [3.63, 3.8) is 0 Å². The van der Waals surface area contributed by atoms with E-state index in [9.17, 15) is 19.6 Å². The van der Waals surface area contributed by atoms with Crippen LogP contribution in [0.15, 0.2) is 0 Å². The highest BCUT2D eigenvalue weighted by molar-refractivity contribution is 8.05. The zero-order valence-electron chi connectivity index (χ0n) is 15.0. The number of nitriles is 1. The van der Waals surface area contributed by atoms with E-state index < -0.39 is 10.2 Å². The van der Waals surface area contributed by atoms with Crippen molar-refractivity contribution in [2.45, 2.75) is 70.0 Å². The summed E-state index contributed by atoms with van der Waals surface area (Å²) >= 11 is 1.16. The highest BCUT2D eigenvalue weighted by Gasteiger charge is 2.71. The molecule has 4 rings (SSSR count). The molecular weight excluding hydrogens is 334 g/mol. The van der Waals surface area contributed by atoms with Crippen LogP contribution in [0.2, 0.25) is 0 Å². The van der Waals surface area contributed by atoms with Gasteiger partial charge in [0.2, 0.25) is 0 Å². The fourth-order valence-electron chi connectivity index (χ4n) is 6.89. The summed E-state index contributed by atoms with van der Waals surface area (Å²) in [7, 11) is 0. The van der Waals surface area contributed by atoms with Gasteiger partial charge in [-0.3, -0.25) is 14.4 Å². The third kappa shape index (κ3) is 1.98. The summed E-state index contributed by atoms with van der Waals surface area (Å²) in [5.74, 6) is 1.10. The Labute approximate surface area is 153 Å². The Kier molecular flexibility index (Phi) is 3.75. The van der Waals surface area contributed by atoms with Crippen LogP contribution < -0.4 is 0 Å². The molecular formula is C20H25NO3S. The highest BCUT2D eigenvalue weighted by atomic mass is 32.2. The van der Waals surface area contributed by atoms with Gasteiger partial charge in [-0.05, 0) is 60.6 Å². The first-order valence-corrected chi connectivity index (χ1v) is 10.3.